The fraction of sp³-hybridized carbons (Fsp3) is 0.269. The maximum Gasteiger partial charge on any atom is 0.278 e. The van der Waals surface area contributed by atoms with E-state index in [1.54, 1.807) is 47.6 Å². The number of pyridine rings is 1. The van der Waals surface area contributed by atoms with Gasteiger partial charge in [-0.25, -0.2) is 9.37 Å². The lowest BCUT2D eigenvalue weighted by Gasteiger charge is -2.30. The normalized spacial score (nSPS) is 19.8. The van der Waals surface area contributed by atoms with Crippen molar-refractivity contribution in [3.8, 4) is 22.5 Å². The third kappa shape index (κ3) is 4.06. The lowest BCUT2D eigenvalue weighted by molar-refractivity contribution is -0.150. The molecule has 1 aromatic carbocycles. The van der Waals surface area contributed by atoms with Crippen molar-refractivity contribution in [2.45, 2.75) is 38.3 Å². The molecule has 38 heavy (non-hydrogen) atoms. The van der Waals surface area contributed by atoms with Gasteiger partial charge in [-0.2, -0.15) is 4.37 Å². The van der Waals surface area contributed by atoms with Crippen molar-refractivity contribution < 1.29 is 23.6 Å². The number of halogens is 1. The fourth-order valence-electron chi connectivity index (χ4n) is 5.11. The number of nitrogens with one attached hydrogen (secondary N) is 1. The third-order valence-corrected chi connectivity index (χ3v) is 7.60. The summed E-state index contributed by atoms with van der Waals surface area (Å²) in [5.74, 6) is -2.29. The minimum absolute atomic E-state index is 0.0638. The van der Waals surface area contributed by atoms with Crippen molar-refractivity contribution in [3.05, 3.63) is 64.8 Å². The fourth-order valence-corrected chi connectivity index (χ4v) is 5.78. The standard InChI is InChI=1S/C26H21FN6O4S/c27-21-15(14-8-10-28-11-9-14)3-1-4-16(21)23-30-20(38-31-23)13-32-12-2-5-17-22(32)26(37)33(25(17)36)18-6-7-19(34)29-24(18)35/h1,3-4,8-11,18H,2,5-7,12-13H2,(H,29,34,35). The van der Waals surface area contributed by atoms with Crippen LogP contribution in [-0.4, -0.2) is 60.4 Å². The number of nitrogens with zero attached hydrogens (tertiary/aromatic N) is 5. The van der Waals surface area contributed by atoms with Crippen molar-refractivity contribution in [2.24, 2.45) is 0 Å². The monoisotopic (exact) mass is 532 g/mol. The van der Waals surface area contributed by atoms with Crippen LogP contribution in [0, 0.1) is 5.82 Å². The summed E-state index contributed by atoms with van der Waals surface area (Å²) in [6.07, 6.45) is 4.43. The number of piperidine rings is 1. The summed E-state index contributed by atoms with van der Waals surface area (Å²) in [5.41, 5.74) is 1.99. The van der Waals surface area contributed by atoms with E-state index in [-0.39, 0.29) is 36.5 Å². The van der Waals surface area contributed by atoms with Crippen LogP contribution < -0.4 is 5.32 Å². The zero-order chi connectivity index (χ0) is 26.4. The Labute approximate surface area is 220 Å². The van der Waals surface area contributed by atoms with E-state index >= 15 is 4.39 Å². The van der Waals surface area contributed by atoms with Crippen LogP contribution in [0.2, 0.25) is 0 Å². The van der Waals surface area contributed by atoms with Gasteiger partial charge in [-0.15, -0.1) is 0 Å². The highest BCUT2D eigenvalue weighted by atomic mass is 32.1. The molecule has 0 saturated carbocycles. The van der Waals surface area contributed by atoms with Crippen LogP contribution in [-0.2, 0) is 25.7 Å². The summed E-state index contributed by atoms with van der Waals surface area (Å²) in [6.45, 7) is 0.728. The van der Waals surface area contributed by atoms with E-state index in [0.717, 1.165) is 16.4 Å². The summed E-state index contributed by atoms with van der Waals surface area (Å²) in [6, 6.07) is 7.47. The summed E-state index contributed by atoms with van der Waals surface area (Å²) in [5, 5.41) is 2.77. The SMILES string of the molecule is O=C1CCC(N2C(=O)C3=C(C2=O)N(Cc2nc(-c4cccc(-c5ccncc5)c4F)ns2)CCC3)C(=O)N1. The molecule has 1 atom stereocenters. The van der Waals surface area contributed by atoms with Gasteiger partial charge in [0, 0.05) is 36.5 Å². The first kappa shape index (κ1) is 24.0. The van der Waals surface area contributed by atoms with Crippen LogP contribution in [0.25, 0.3) is 22.5 Å². The van der Waals surface area contributed by atoms with Gasteiger partial charge in [0.1, 0.15) is 22.6 Å². The Balaban J connectivity index is 1.24. The van der Waals surface area contributed by atoms with Crippen LogP contribution in [0.15, 0.2) is 54.0 Å². The van der Waals surface area contributed by atoms with Crippen LogP contribution in [0.3, 0.4) is 0 Å². The second-order valence-corrected chi connectivity index (χ2v) is 10.1. The molecular formula is C26H21FN6O4S. The number of hydrogen-bond donors (Lipinski definition) is 1. The van der Waals surface area contributed by atoms with Gasteiger partial charge < -0.3 is 4.90 Å². The summed E-state index contributed by atoms with van der Waals surface area (Å²) >= 11 is 1.10. The predicted octanol–water partition coefficient (Wildman–Crippen LogP) is 2.43. The highest BCUT2D eigenvalue weighted by molar-refractivity contribution is 7.05. The van der Waals surface area contributed by atoms with Crippen molar-refractivity contribution in [2.75, 3.05) is 6.54 Å². The van der Waals surface area contributed by atoms with E-state index in [2.05, 4.69) is 19.7 Å². The molecular weight excluding hydrogens is 511 g/mol. The van der Waals surface area contributed by atoms with E-state index in [1.807, 2.05) is 0 Å². The van der Waals surface area contributed by atoms with Gasteiger partial charge in [0.15, 0.2) is 5.82 Å². The molecule has 2 aromatic heterocycles. The molecule has 3 aliphatic rings. The van der Waals surface area contributed by atoms with Gasteiger partial charge in [0.2, 0.25) is 11.8 Å². The van der Waals surface area contributed by atoms with Gasteiger partial charge in [0.05, 0.1) is 12.1 Å². The molecule has 1 saturated heterocycles. The smallest absolute Gasteiger partial charge is 0.278 e. The summed E-state index contributed by atoms with van der Waals surface area (Å²) in [7, 11) is 0. The summed E-state index contributed by atoms with van der Waals surface area (Å²) in [4.78, 5) is 61.7. The van der Waals surface area contributed by atoms with Crippen molar-refractivity contribution >= 4 is 35.2 Å². The molecule has 192 valence electrons. The molecule has 3 aliphatic heterocycles. The van der Waals surface area contributed by atoms with Crippen LogP contribution in [0.5, 0.6) is 0 Å². The quantitative estimate of drug-likeness (QED) is 0.497. The lowest BCUT2D eigenvalue weighted by atomic mass is 10.0. The molecule has 10 nitrogen and oxygen atoms in total. The number of hydrogen-bond acceptors (Lipinski definition) is 9. The molecule has 4 amide bonds. The Morgan fingerprint density at radius 3 is 2.61 bits per heavy atom. The van der Waals surface area contributed by atoms with Gasteiger partial charge in [-0.3, -0.25) is 34.4 Å². The summed E-state index contributed by atoms with van der Waals surface area (Å²) < 4.78 is 19.8. The van der Waals surface area contributed by atoms with Gasteiger partial charge in [-0.05, 0) is 54.6 Å². The Morgan fingerprint density at radius 2 is 1.82 bits per heavy atom. The molecule has 1 unspecified atom stereocenters. The van der Waals surface area contributed by atoms with Crippen LogP contribution in [0.1, 0.15) is 30.7 Å². The van der Waals surface area contributed by atoms with Gasteiger partial charge >= 0.3 is 0 Å². The lowest BCUT2D eigenvalue weighted by Crippen LogP contribution is -2.55. The molecule has 0 bridgehead atoms. The van der Waals surface area contributed by atoms with Crippen LogP contribution in [0.4, 0.5) is 4.39 Å². The topological polar surface area (TPSA) is 125 Å². The Hall–Kier alpha value is -4.32. The van der Waals surface area contributed by atoms with Gasteiger partial charge in [0.25, 0.3) is 11.8 Å². The van der Waals surface area contributed by atoms with Crippen molar-refractivity contribution in [1.29, 1.82) is 0 Å². The van der Waals surface area contributed by atoms with Crippen molar-refractivity contribution in [1.82, 2.24) is 29.5 Å². The van der Waals surface area contributed by atoms with E-state index < -0.39 is 35.5 Å². The first-order chi connectivity index (χ1) is 18.4. The largest absolute Gasteiger partial charge is 0.360 e. The second kappa shape index (κ2) is 9.53. The number of carbonyl (C=O) groups is 4. The average molecular weight is 533 g/mol. The average Bonchev–Trinajstić information content (AvgIpc) is 3.48. The minimum atomic E-state index is -1.01. The molecule has 0 radical (unpaired) electrons. The molecule has 5 heterocycles. The maximum absolute atomic E-state index is 15.4. The third-order valence-electron chi connectivity index (χ3n) is 6.90. The van der Waals surface area contributed by atoms with Gasteiger partial charge in [-0.1, -0.05) is 12.1 Å². The van der Waals surface area contributed by atoms with Crippen molar-refractivity contribution in [3.63, 3.8) is 0 Å². The number of benzene rings is 1. The molecule has 12 heteroatoms. The van der Waals surface area contributed by atoms with E-state index in [4.69, 9.17) is 0 Å². The van der Waals surface area contributed by atoms with E-state index in [0.29, 0.717) is 41.1 Å². The number of carbonyl (C=O) groups excluding carboxylic acids is 4. The zero-order valence-corrected chi connectivity index (χ0v) is 20.8. The molecule has 1 N–H and O–H groups in total. The van der Waals surface area contributed by atoms with Crippen LogP contribution >= 0.6 is 11.5 Å². The Kier molecular flexibility index (Phi) is 6.03. The zero-order valence-electron chi connectivity index (χ0n) is 20.0. The number of rotatable bonds is 5. The number of imide groups is 2. The molecule has 1 fully saturated rings. The number of aromatic nitrogens is 3. The maximum atomic E-state index is 15.4. The molecule has 3 aromatic rings. The molecule has 6 rings (SSSR count). The Morgan fingerprint density at radius 1 is 1.03 bits per heavy atom. The first-order valence-electron chi connectivity index (χ1n) is 12.1. The highest BCUT2D eigenvalue weighted by Crippen LogP contribution is 2.35. The first-order valence-corrected chi connectivity index (χ1v) is 12.9. The molecule has 0 spiro atoms. The Bertz CT molecular complexity index is 1520. The second-order valence-electron chi connectivity index (χ2n) is 9.21. The minimum Gasteiger partial charge on any atom is -0.360 e. The number of amides is 4. The highest BCUT2D eigenvalue weighted by Gasteiger charge is 2.48. The van der Waals surface area contributed by atoms with E-state index in [1.165, 1.54) is 0 Å². The predicted molar refractivity (Wildman–Crippen MR) is 133 cm³/mol. The molecule has 0 aliphatic carbocycles. The van der Waals surface area contributed by atoms with E-state index in [9.17, 15) is 19.2 Å².